The highest BCUT2D eigenvalue weighted by Gasteiger charge is 1.99. The van der Waals surface area contributed by atoms with Gasteiger partial charge in [0.1, 0.15) is 12.3 Å². The second-order valence-electron chi connectivity index (χ2n) is 4.05. The molecule has 0 fully saturated rings. The largest absolute Gasteiger partial charge is 0.467 e. The minimum absolute atomic E-state index is 0. The van der Waals surface area contributed by atoms with E-state index in [-0.39, 0.29) is 24.0 Å². The van der Waals surface area contributed by atoms with Crippen LogP contribution in [0.1, 0.15) is 26.5 Å². The lowest BCUT2D eigenvalue weighted by Crippen LogP contribution is -2.39. The lowest BCUT2D eigenvalue weighted by Gasteiger charge is -2.12. The molecule has 0 aromatic carbocycles. The van der Waals surface area contributed by atoms with E-state index in [9.17, 15) is 0 Å². The molecule has 0 atom stereocenters. The number of nitrogens with one attached hydrogen (secondary N) is 2. The third-order valence-corrected chi connectivity index (χ3v) is 2.00. The van der Waals surface area contributed by atoms with Gasteiger partial charge in [-0.25, -0.2) is 4.99 Å². The van der Waals surface area contributed by atoms with Gasteiger partial charge in [-0.3, -0.25) is 0 Å². The van der Waals surface area contributed by atoms with E-state index in [1.807, 2.05) is 12.1 Å². The van der Waals surface area contributed by atoms with Crippen molar-refractivity contribution >= 4 is 29.9 Å². The Morgan fingerprint density at radius 3 is 2.71 bits per heavy atom. The Balaban J connectivity index is 0.00000256. The minimum Gasteiger partial charge on any atom is -0.467 e. The van der Waals surface area contributed by atoms with Crippen molar-refractivity contribution in [1.82, 2.24) is 10.6 Å². The van der Waals surface area contributed by atoms with Crippen molar-refractivity contribution in [1.29, 1.82) is 0 Å². The van der Waals surface area contributed by atoms with Gasteiger partial charge < -0.3 is 15.1 Å². The van der Waals surface area contributed by atoms with E-state index >= 15 is 0 Å². The van der Waals surface area contributed by atoms with E-state index in [1.54, 1.807) is 6.26 Å². The summed E-state index contributed by atoms with van der Waals surface area (Å²) in [7, 11) is 0. The molecular weight excluding hydrogens is 329 g/mol. The number of rotatable bonds is 5. The van der Waals surface area contributed by atoms with Crippen LogP contribution in [0.4, 0.5) is 0 Å². The van der Waals surface area contributed by atoms with Crippen LogP contribution in [0.15, 0.2) is 27.8 Å². The van der Waals surface area contributed by atoms with Crippen molar-refractivity contribution in [3.8, 4) is 0 Å². The van der Waals surface area contributed by atoms with Crippen LogP contribution >= 0.6 is 24.0 Å². The van der Waals surface area contributed by atoms with Crippen molar-refractivity contribution in [2.45, 2.75) is 27.3 Å². The van der Waals surface area contributed by atoms with Gasteiger partial charge in [0, 0.05) is 13.1 Å². The molecule has 1 heterocycles. The van der Waals surface area contributed by atoms with Gasteiger partial charge in [-0.05, 0) is 25.0 Å². The minimum atomic E-state index is 0. The van der Waals surface area contributed by atoms with Crippen LogP contribution in [0.5, 0.6) is 0 Å². The van der Waals surface area contributed by atoms with Crippen molar-refractivity contribution in [2.24, 2.45) is 10.9 Å². The highest BCUT2D eigenvalue weighted by atomic mass is 127. The zero-order chi connectivity index (χ0) is 11.8. The van der Waals surface area contributed by atoms with Gasteiger partial charge in [0.15, 0.2) is 5.96 Å². The number of furan rings is 1. The number of guanidine groups is 1. The van der Waals surface area contributed by atoms with Gasteiger partial charge in [0.05, 0.1) is 6.26 Å². The summed E-state index contributed by atoms with van der Waals surface area (Å²) in [6, 6.07) is 3.80. The van der Waals surface area contributed by atoms with Crippen LogP contribution in [-0.4, -0.2) is 19.0 Å². The smallest absolute Gasteiger partial charge is 0.191 e. The standard InChI is InChI=1S/C12H21N3O.HI/c1-4-13-12(14-8-10(2)3)15-9-11-6-5-7-16-11;/h5-7,10H,4,8-9H2,1-3H3,(H2,13,14,15);1H. The highest BCUT2D eigenvalue weighted by Crippen LogP contribution is 2.01. The number of hydrogen-bond donors (Lipinski definition) is 2. The van der Waals surface area contributed by atoms with E-state index in [1.165, 1.54) is 0 Å². The SMILES string of the molecule is CCNC(=NCc1ccco1)NCC(C)C.I. The maximum atomic E-state index is 5.22. The molecule has 0 amide bonds. The molecule has 0 bridgehead atoms. The van der Waals surface area contributed by atoms with Crippen LogP contribution in [0, 0.1) is 5.92 Å². The summed E-state index contributed by atoms with van der Waals surface area (Å²) in [5, 5.41) is 6.48. The molecule has 0 radical (unpaired) electrons. The highest BCUT2D eigenvalue weighted by molar-refractivity contribution is 14.0. The molecular formula is C12H22IN3O. The lowest BCUT2D eigenvalue weighted by atomic mass is 10.2. The van der Waals surface area contributed by atoms with Crippen LogP contribution in [-0.2, 0) is 6.54 Å². The fourth-order valence-corrected chi connectivity index (χ4v) is 1.20. The molecule has 1 aromatic heterocycles. The Labute approximate surface area is 120 Å². The molecule has 4 nitrogen and oxygen atoms in total. The molecule has 17 heavy (non-hydrogen) atoms. The zero-order valence-corrected chi connectivity index (χ0v) is 13.0. The summed E-state index contributed by atoms with van der Waals surface area (Å²) >= 11 is 0. The summed E-state index contributed by atoms with van der Waals surface area (Å²) < 4.78 is 5.22. The van der Waals surface area contributed by atoms with Crippen molar-refractivity contribution < 1.29 is 4.42 Å². The molecule has 0 aliphatic heterocycles. The number of hydrogen-bond acceptors (Lipinski definition) is 2. The van der Waals surface area contributed by atoms with Crippen LogP contribution in [0.2, 0.25) is 0 Å². The van der Waals surface area contributed by atoms with E-state index in [2.05, 4.69) is 36.4 Å². The van der Waals surface area contributed by atoms with E-state index in [0.717, 1.165) is 24.8 Å². The van der Waals surface area contributed by atoms with Crippen molar-refractivity contribution in [3.63, 3.8) is 0 Å². The number of nitrogens with zero attached hydrogens (tertiary/aromatic N) is 1. The molecule has 0 saturated carbocycles. The first-order valence-corrected chi connectivity index (χ1v) is 5.77. The fraction of sp³-hybridized carbons (Fsp3) is 0.583. The normalized spacial score (nSPS) is 11.2. The molecule has 1 rings (SSSR count). The van der Waals surface area contributed by atoms with E-state index in [4.69, 9.17) is 4.42 Å². The van der Waals surface area contributed by atoms with Crippen LogP contribution in [0.3, 0.4) is 0 Å². The monoisotopic (exact) mass is 351 g/mol. The predicted octanol–water partition coefficient (Wildman–Crippen LogP) is 2.61. The Kier molecular flexibility index (Phi) is 8.93. The van der Waals surface area contributed by atoms with E-state index in [0.29, 0.717) is 12.5 Å². The first-order chi connectivity index (χ1) is 7.72. The van der Waals surface area contributed by atoms with Crippen molar-refractivity contribution in [2.75, 3.05) is 13.1 Å². The number of aliphatic imine (C=N–C) groups is 1. The van der Waals surface area contributed by atoms with Gasteiger partial charge in [-0.2, -0.15) is 0 Å². The second-order valence-corrected chi connectivity index (χ2v) is 4.05. The molecule has 0 saturated heterocycles. The summed E-state index contributed by atoms with van der Waals surface area (Å²) in [6.07, 6.45) is 1.67. The fourth-order valence-electron chi connectivity index (χ4n) is 1.20. The molecule has 0 spiro atoms. The first-order valence-electron chi connectivity index (χ1n) is 5.77. The van der Waals surface area contributed by atoms with Gasteiger partial charge in [-0.1, -0.05) is 13.8 Å². The average molecular weight is 351 g/mol. The third-order valence-electron chi connectivity index (χ3n) is 2.00. The zero-order valence-electron chi connectivity index (χ0n) is 10.7. The third kappa shape index (κ3) is 7.25. The Bertz CT molecular complexity index is 310. The van der Waals surface area contributed by atoms with Gasteiger partial charge in [-0.15, -0.1) is 24.0 Å². The molecule has 0 aliphatic rings. The molecule has 0 unspecified atom stereocenters. The Hall–Kier alpha value is -0.720. The van der Waals surface area contributed by atoms with Crippen LogP contribution < -0.4 is 10.6 Å². The first kappa shape index (κ1) is 16.3. The van der Waals surface area contributed by atoms with Gasteiger partial charge >= 0.3 is 0 Å². The summed E-state index contributed by atoms with van der Waals surface area (Å²) in [6.45, 7) is 8.75. The van der Waals surface area contributed by atoms with Crippen molar-refractivity contribution in [3.05, 3.63) is 24.2 Å². The Morgan fingerprint density at radius 2 is 2.18 bits per heavy atom. The summed E-state index contributed by atoms with van der Waals surface area (Å²) in [4.78, 5) is 4.43. The molecule has 98 valence electrons. The Morgan fingerprint density at radius 1 is 1.41 bits per heavy atom. The summed E-state index contributed by atoms with van der Waals surface area (Å²) in [5.74, 6) is 2.32. The average Bonchev–Trinajstić information content (AvgIpc) is 2.75. The predicted molar refractivity (Wildman–Crippen MR) is 81.8 cm³/mol. The second kappa shape index (κ2) is 9.32. The summed E-state index contributed by atoms with van der Waals surface area (Å²) in [5.41, 5.74) is 0. The van der Waals surface area contributed by atoms with Gasteiger partial charge in [0.25, 0.3) is 0 Å². The maximum absolute atomic E-state index is 5.22. The molecule has 1 aromatic rings. The lowest BCUT2D eigenvalue weighted by molar-refractivity contribution is 0.511. The van der Waals surface area contributed by atoms with Crippen LogP contribution in [0.25, 0.3) is 0 Å². The number of halogens is 1. The molecule has 2 N–H and O–H groups in total. The molecule has 5 heteroatoms. The van der Waals surface area contributed by atoms with E-state index < -0.39 is 0 Å². The topological polar surface area (TPSA) is 49.6 Å². The van der Waals surface area contributed by atoms with Gasteiger partial charge in [0.2, 0.25) is 0 Å². The molecule has 0 aliphatic carbocycles. The maximum Gasteiger partial charge on any atom is 0.191 e. The quantitative estimate of drug-likeness (QED) is 0.487.